The van der Waals surface area contributed by atoms with E-state index in [4.69, 9.17) is 0 Å². The van der Waals surface area contributed by atoms with Crippen LogP contribution in [0.25, 0.3) is 0 Å². The van der Waals surface area contributed by atoms with Gasteiger partial charge < -0.3 is 30.3 Å². The summed E-state index contributed by atoms with van der Waals surface area (Å²) in [6.45, 7) is 16.8. The van der Waals surface area contributed by atoms with E-state index in [0.29, 0.717) is 16.0 Å². The molecule has 0 heterocycles. The average molecular weight is 358 g/mol. The molecule has 2 rings (SSSR count). The van der Waals surface area contributed by atoms with Crippen molar-refractivity contribution in [2.24, 2.45) is 0 Å². The fourth-order valence-electron chi connectivity index (χ4n) is 3.31. The van der Waals surface area contributed by atoms with Gasteiger partial charge in [0, 0.05) is 17.1 Å². The summed E-state index contributed by atoms with van der Waals surface area (Å²) in [6, 6.07) is 18.9. The number of hydrogen-bond acceptors (Lipinski definition) is 0. The van der Waals surface area contributed by atoms with Crippen LogP contribution >= 0.6 is 7.92 Å². The zero-order valence-electron chi connectivity index (χ0n) is 15.1. The SMILES string of the molecule is CC([c-]1cccc1)P(C(C)(C)C)C(C)(C)C.[Fe].[cH-]1[cH-][cH-][cH-][cH-]1. The third kappa shape index (κ3) is 6.82. The molecule has 2 heteroatoms. The van der Waals surface area contributed by atoms with Gasteiger partial charge in [-0.2, -0.15) is 17.7 Å². The van der Waals surface area contributed by atoms with Crippen molar-refractivity contribution in [3.05, 3.63) is 60.2 Å². The van der Waals surface area contributed by atoms with Crippen molar-refractivity contribution in [1.82, 2.24) is 0 Å². The van der Waals surface area contributed by atoms with Gasteiger partial charge in [-0.15, -0.1) is 7.92 Å². The predicted molar refractivity (Wildman–Crippen MR) is 98.9 cm³/mol. The maximum atomic E-state index is 2.40. The third-order valence-corrected chi connectivity index (χ3v) is 7.52. The van der Waals surface area contributed by atoms with E-state index in [1.165, 1.54) is 5.56 Å². The van der Waals surface area contributed by atoms with Crippen LogP contribution < -0.4 is 0 Å². The fraction of sp³-hybridized carbons (Fsp3) is 0.500. The minimum Gasteiger partial charge on any atom is -0.748 e. The van der Waals surface area contributed by atoms with Crippen LogP contribution in [0.5, 0.6) is 0 Å². The maximum absolute atomic E-state index is 2.40. The molecular formula is C20H31FeP-6. The number of hydrogen-bond donors (Lipinski definition) is 0. The van der Waals surface area contributed by atoms with E-state index in [-0.39, 0.29) is 25.0 Å². The molecule has 0 saturated heterocycles. The first-order valence-electron chi connectivity index (χ1n) is 7.82. The first-order valence-corrected chi connectivity index (χ1v) is 9.23. The first-order chi connectivity index (χ1) is 9.64. The van der Waals surface area contributed by atoms with Crippen LogP contribution in [0, 0.1) is 0 Å². The Balaban J connectivity index is 0.000000622. The van der Waals surface area contributed by atoms with Crippen LogP contribution in [0.4, 0.5) is 0 Å². The molecular weight excluding hydrogens is 327 g/mol. The Bertz CT molecular complexity index is 438. The van der Waals surface area contributed by atoms with Gasteiger partial charge in [0.25, 0.3) is 0 Å². The van der Waals surface area contributed by atoms with Crippen LogP contribution in [0.1, 0.15) is 59.7 Å². The van der Waals surface area contributed by atoms with Crippen molar-refractivity contribution in [3.63, 3.8) is 0 Å². The molecule has 0 saturated carbocycles. The minimum atomic E-state index is -0.0545. The van der Waals surface area contributed by atoms with Gasteiger partial charge >= 0.3 is 0 Å². The molecule has 22 heavy (non-hydrogen) atoms. The van der Waals surface area contributed by atoms with E-state index in [9.17, 15) is 0 Å². The maximum Gasteiger partial charge on any atom is 0 e. The molecule has 2 aromatic rings. The van der Waals surface area contributed by atoms with Gasteiger partial charge in [0.15, 0.2) is 0 Å². The summed E-state index contributed by atoms with van der Waals surface area (Å²) in [7, 11) is -0.0545. The minimum absolute atomic E-state index is 0. The Labute approximate surface area is 149 Å². The Hall–Kier alpha value is -0.351. The van der Waals surface area contributed by atoms with E-state index in [1.54, 1.807) is 0 Å². The van der Waals surface area contributed by atoms with Crippen LogP contribution in [0.15, 0.2) is 54.6 Å². The third-order valence-electron chi connectivity index (χ3n) is 3.56. The summed E-state index contributed by atoms with van der Waals surface area (Å²) in [4.78, 5) is 0. The van der Waals surface area contributed by atoms with Crippen molar-refractivity contribution < 1.29 is 17.1 Å². The molecule has 0 radical (unpaired) electrons. The molecule has 0 fully saturated rings. The quantitative estimate of drug-likeness (QED) is 0.310. The summed E-state index contributed by atoms with van der Waals surface area (Å²) in [6.07, 6.45) is 0. The monoisotopic (exact) mass is 358 g/mol. The molecule has 2 aromatic carbocycles. The Morgan fingerprint density at radius 2 is 1.09 bits per heavy atom. The summed E-state index contributed by atoms with van der Waals surface area (Å²) in [5.41, 5.74) is 2.20. The standard InChI is InChI=1S/C15H26P.C5H5.Fe/c1-12(13-10-8-9-11-13)16(14(2,3)4)15(5,6)7;1-2-4-5-3-1;/h8-12H,1-7H3;1-5H;/q-1;-5;. The molecule has 0 amide bonds. The average Bonchev–Trinajstić information content (AvgIpc) is 3.02. The van der Waals surface area contributed by atoms with Gasteiger partial charge in [0.1, 0.15) is 0 Å². The van der Waals surface area contributed by atoms with Crippen LogP contribution in [-0.4, -0.2) is 10.3 Å². The summed E-state index contributed by atoms with van der Waals surface area (Å²) in [5.74, 6) is 0. The first kappa shape index (κ1) is 21.6. The topological polar surface area (TPSA) is 0 Å². The van der Waals surface area contributed by atoms with Gasteiger partial charge in [-0.05, 0) is 16.0 Å². The van der Waals surface area contributed by atoms with Crippen molar-refractivity contribution in [1.29, 1.82) is 0 Å². The Morgan fingerprint density at radius 1 is 0.773 bits per heavy atom. The van der Waals surface area contributed by atoms with E-state index >= 15 is 0 Å². The van der Waals surface area contributed by atoms with Gasteiger partial charge in [-0.25, -0.2) is 12.1 Å². The van der Waals surface area contributed by atoms with E-state index in [0.717, 1.165) is 0 Å². The summed E-state index contributed by atoms with van der Waals surface area (Å²) < 4.78 is 0. The second kappa shape index (κ2) is 9.07. The Kier molecular flexibility index (Phi) is 8.92. The van der Waals surface area contributed by atoms with Gasteiger partial charge in [-0.1, -0.05) is 48.5 Å². The van der Waals surface area contributed by atoms with Crippen molar-refractivity contribution >= 4 is 7.92 Å². The molecule has 0 aliphatic heterocycles. The van der Waals surface area contributed by atoms with E-state index in [2.05, 4.69) is 72.7 Å². The molecule has 0 aromatic heterocycles. The molecule has 0 aliphatic rings. The van der Waals surface area contributed by atoms with Crippen molar-refractivity contribution in [2.75, 3.05) is 0 Å². The molecule has 0 bridgehead atoms. The smallest absolute Gasteiger partial charge is 0 e. The molecule has 130 valence electrons. The van der Waals surface area contributed by atoms with Crippen LogP contribution in [0.3, 0.4) is 0 Å². The van der Waals surface area contributed by atoms with Gasteiger partial charge in [-0.3, -0.25) is 0 Å². The second-order valence-electron chi connectivity index (χ2n) is 7.57. The zero-order valence-corrected chi connectivity index (χ0v) is 17.1. The molecule has 0 spiro atoms. The zero-order chi connectivity index (χ0) is 16.1. The molecule has 0 nitrogen and oxygen atoms in total. The fourth-order valence-corrected chi connectivity index (χ4v) is 8.11. The van der Waals surface area contributed by atoms with Gasteiger partial charge in [0.2, 0.25) is 0 Å². The largest absolute Gasteiger partial charge is 0.748 e. The van der Waals surface area contributed by atoms with E-state index < -0.39 is 0 Å². The second-order valence-corrected chi connectivity index (χ2v) is 11.8. The molecule has 1 atom stereocenters. The van der Waals surface area contributed by atoms with Gasteiger partial charge in [0.05, 0.1) is 0 Å². The van der Waals surface area contributed by atoms with E-state index in [1.807, 2.05) is 30.3 Å². The number of rotatable bonds is 2. The Morgan fingerprint density at radius 3 is 1.36 bits per heavy atom. The molecule has 0 aliphatic carbocycles. The van der Waals surface area contributed by atoms with Crippen molar-refractivity contribution in [2.45, 2.75) is 64.4 Å². The van der Waals surface area contributed by atoms with Crippen LogP contribution in [0.2, 0.25) is 0 Å². The van der Waals surface area contributed by atoms with Crippen LogP contribution in [-0.2, 0) is 17.1 Å². The molecule has 1 unspecified atom stereocenters. The summed E-state index contributed by atoms with van der Waals surface area (Å²) >= 11 is 0. The normalized spacial score (nSPS) is 13.1. The van der Waals surface area contributed by atoms with Crippen molar-refractivity contribution in [3.8, 4) is 0 Å². The molecule has 0 N–H and O–H groups in total. The predicted octanol–water partition coefficient (Wildman–Crippen LogP) is 6.95. The summed E-state index contributed by atoms with van der Waals surface area (Å²) in [5, 5.41) is 0.814.